The molecular weight excluding hydrogens is 356 g/mol. The molecule has 0 aromatic rings. The van der Waals surface area contributed by atoms with Crippen LogP contribution in [0.5, 0.6) is 0 Å². The maximum Gasteiger partial charge on any atom is 0.164 e. The van der Waals surface area contributed by atoms with Crippen LogP contribution in [0.1, 0.15) is 72.1 Å². The third kappa shape index (κ3) is 3.16. The quantitative estimate of drug-likeness (QED) is 0.510. The Bertz CT molecular complexity index is 790. The second-order valence-corrected chi connectivity index (χ2v) is 12.2. The summed E-state index contributed by atoms with van der Waals surface area (Å²) in [6.45, 7) is 6.67. The van der Waals surface area contributed by atoms with Crippen molar-refractivity contribution in [3.8, 4) is 0 Å². The normalized spacial score (nSPS) is 43.4. The number of allylic oxidation sites excluding steroid dienone is 1. The van der Waals surface area contributed by atoms with Gasteiger partial charge in [0.05, 0.1) is 5.75 Å². The van der Waals surface area contributed by atoms with E-state index in [9.17, 15) is 13.2 Å². The Kier molecular flexibility index (Phi) is 4.93. The molecule has 6 atom stereocenters. The van der Waals surface area contributed by atoms with Crippen LogP contribution >= 0.6 is 0 Å². The zero-order valence-corrected chi connectivity index (χ0v) is 17.9. The van der Waals surface area contributed by atoms with E-state index < -0.39 is 9.84 Å². The van der Waals surface area contributed by atoms with Crippen molar-refractivity contribution in [1.29, 1.82) is 0 Å². The molecule has 0 saturated heterocycles. The first kappa shape index (κ1) is 19.4. The molecule has 0 amide bonds. The van der Waals surface area contributed by atoms with E-state index in [1.165, 1.54) is 23.1 Å². The molecule has 4 rings (SSSR count). The van der Waals surface area contributed by atoms with Crippen LogP contribution < -0.4 is 0 Å². The molecule has 1 heterocycles. The Morgan fingerprint density at radius 1 is 1.19 bits per heavy atom. The molecule has 0 aromatic heterocycles. The highest BCUT2D eigenvalue weighted by molar-refractivity contribution is 7.92. The van der Waals surface area contributed by atoms with E-state index in [0.29, 0.717) is 17.8 Å². The van der Waals surface area contributed by atoms with Crippen molar-refractivity contribution in [2.75, 3.05) is 5.75 Å². The number of carbonyl (C=O) groups is 1. The van der Waals surface area contributed by atoms with Crippen LogP contribution in [0.4, 0.5) is 0 Å². The number of hydrogen-bond donors (Lipinski definition) is 0. The Balaban J connectivity index is 1.67. The molecule has 0 spiro atoms. The number of fused-ring (bicyclic) bond motifs is 1. The van der Waals surface area contributed by atoms with Gasteiger partial charge in [0.25, 0.3) is 0 Å². The van der Waals surface area contributed by atoms with Gasteiger partial charge in [0, 0.05) is 5.92 Å². The van der Waals surface area contributed by atoms with Crippen molar-refractivity contribution in [1.82, 2.24) is 0 Å². The van der Waals surface area contributed by atoms with Gasteiger partial charge in [0.15, 0.2) is 9.84 Å². The molecule has 4 aliphatic rings. The molecule has 0 N–H and O–H groups in total. The van der Waals surface area contributed by atoms with Crippen LogP contribution in [-0.4, -0.2) is 25.7 Å². The fraction of sp³-hybridized carbons (Fsp3) is 0.783. The van der Waals surface area contributed by atoms with Crippen LogP contribution in [-0.2, 0) is 14.6 Å². The third-order valence-electron chi connectivity index (χ3n) is 8.32. The molecule has 0 aromatic carbocycles. The first-order valence-corrected chi connectivity index (χ1v) is 12.6. The summed E-state index contributed by atoms with van der Waals surface area (Å²) in [5.41, 5.74) is 3.98. The van der Waals surface area contributed by atoms with Crippen molar-refractivity contribution < 1.29 is 13.2 Å². The highest BCUT2D eigenvalue weighted by Gasteiger charge is 2.51. The molecule has 3 nitrogen and oxygen atoms in total. The minimum Gasteiger partial charge on any atom is -0.303 e. The van der Waals surface area contributed by atoms with Gasteiger partial charge in [-0.1, -0.05) is 38.0 Å². The third-order valence-corrected chi connectivity index (χ3v) is 10.3. The first-order chi connectivity index (χ1) is 12.8. The van der Waals surface area contributed by atoms with Crippen molar-refractivity contribution in [3.05, 3.63) is 22.8 Å². The van der Waals surface area contributed by atoms with Crippen molar-refractivity contribution in [2.24, 2.45) is 29.1 Å². The monoisotopic (exact) mass is 390 g/mol. The summed E-state index contributed by atoms with van der Waals surface area (Å²) in [7, 11) is -3.08. The lowest BCUT2D eigenvalue weighted by Gasteiger charge is -2.43. The van der Waals surface area contributed by atoms with Crippen LogP contribution in [0, 0.1) is 29.1 Å². The minimum atomic E-state index is -3.08. The van der Waals surface area contributed by atoms with Gasteiger partial charge in [-0.15, -0.1) is 0 Å². The Morgan fingerprint density at radius 3 is 2.70 bits per heavy atom. The molecule has 27 heavy (non-hydrogen) atoms. The maximum atomic E-state index is 13.0. The Labute approximate surface area is 164 Å². The van der Waals surface area contributed by atoms with Gasteiger partial charge in [0.2, 0.25) is 0 Å². The zero-order chi connectivity index (χ0) is 19.4. The van der Waals surface area contributed by atoms with E-state index in [1.807, 2.05) is 0 Å². The molecule has 0 radical (unpaired) electrons. The molecule has 1 aliphatic heterocycles. The molecule has 2 saturated carbocycles. The Morgan fingerprint density at radius 2 is 1.96 bits per heavy atom. The predicted molar refractivity (Wildman–Crippen MR) is 109 cm³/mol. The summed E-state index contributed by atoms with van der Waals surface area (Å²) in [5.74, 6) is 1.88. The lowest BCUT2D eigenvalue weighted by atomic mass is 9.61. The van der Waals surface area contributed by atoms with Crippen LogP contribution in [0.15, 0.2) is 22.8 Å². The number of hydrogen-bond acceptors (Lipinski definition) is 3. The standard InChI is InChI=1S/C23H34O3S/c1-15-6-7-18-14-27(25,26)22(19(18)11-15)12-17-5-4-10-23(3)20(16(2)13-24)8-9-21(17)23/h12-13,15-16,20-22H,4-11,14H2,1-3H3/b17-12+/t15-,16+,20+,21-,22+,23+/m0/s1. The van der Waals surface area contributed by atoms with E-state index in [-0.39, 0.29) is 22.3 Å². The molecule has 3 aliphatic carbocycles. The summed E-state index contributed by atoms with van der Waals surface area (Å²) < 4.78 is 25.9. The number of aldehydes is 1. The second kappa shape index (κ2) is 6.86. The summed E-state index contributed by atoms with van der Waals surface area (Å²) >= 11 is 0. The topological polar surface area (TPSA) is 51.2 Å². The number of sulfone groups is 1. The average molecular weight is 391 g/mol. The van der Waals surface area contributed by atoms with Gasteiger partial charge in [-0.25, -0.2) is 8.42 Å². The van der Waals surface area contributed by atoms with Gasteiger partial charge < -0.3 is 4.79 Å². The smallest absolute Gasteiger partial charge is 0.164 e. The molecule has 0 unspecified atom stereocenters. The van der Waals surface area contributed by atoms with Gasteiger partial charge in [-0.05, 0) is 80.1 Å². The predicted octanol–water partition coefficient (Wildman–Crippen LogP) is 4.88. The second-order valence-electron chi connectivity index (χ2n) is 10.0. The van der Waals surface area contributed by atoms with Crippen molar-refractivity contribution in [3.63, 3.8) is 0 Å². The summed E-state index contributed by atoms with van der Waals surface area (Å²) in [6.07, 6.45) is 11.9. The zero-order valence-electron chi connectivity index (χ0n) is 17.0. The number of rotatable bonds is 3. The minimum absolute atomic E-state index is 0.100. The highest BCUT2D eigenvalue weighted by atomic mass is 32.2. The van der Waals surface area contributed by atoms with Gasteiger partial charge in [0.1, 0.15) is 11.5 Å². The van der Waals surface area contributed by atoms with Crippen molar-refractivity contribution >= 4 is 16.1 Å². The highest BCUT2D eigenvalue weighted by Crippen LogP contribution is 2.59. The molecule has 2 fully saturated rings. The van der Waals surface area contributed by atoms with Crippen LogP contribution in [0.3, 0.4) is 0 Å². The fourth-order valence-electron chi connectivity index (χ4n) is 6.87. The van der Waals surface area contributed by atoms with Gasteiger partial charge in [-0.3, -0.25) is 0 Å². The SMILES string of the molecule is C[C@H]1CCC2=C(C1)[C@@H](/C=C1\CCC[C@]3(C)[C@@H]([C@H](C)C=O)CC[C@@H]13)S(=O)(=O)C2. The van der Waals surface area contributed by atoms with Crippen molar-refractivity contribution in [2.45, 2.75) is 77.4 Å². The summed E-state index contributed by atoms with van der Waals surface area (Å²) in [5, 5.41) is -0.366. The molecule has 0 bridgehead atoms. The molecular formula is C23H34O3S. The summed E-state index contributed by atoms with van der Waals surface area (Å²) in [4.78, 5) is 11.4. The van der Waals surface area contributed by atoms with Crippen LogP contribution in [0.2, 0.25) is 0 Å². The van der Waals surface area contributed by atoms with Gasteiger partial charge in [-0.2, -0.15) is 0 Å². The van der Waals surface area contributed by atoms with E-state index in [2.05, 4.69) is 26.8 Å². The Hall–Kier alpha value is -0.900. The molecule has 150 valence electrons. The van der Waals surface area contributed by atoms with Crippen LogP contribution in [0.25, 0.3) is 0 Å². The number of carbonyl (C=O) groups excluding carboxylic acids is 1. The fourth-order valence-corrected chi connectivity index (χ4v) is 8.94. The van der Waals surface area contributed by atoms with E-state index >= 15 is 0 Å². The average Bonchev–Trinajstić information content (AvgIpc) is 3.09. The van der Waals surface area contributed by atoms with E-state index in [1.54, 1.807) is 0 Å². The van der Waals surface area contributed by atoms with E-state index in [4.69, 9.17) is 0 Å². The first-order valence-electron chi connectivity index (χ1n) is 10.8. The summed E-state index contributed by atoms with van der Waals surface area (Å²) in [6, 6.07) is 0. The largest absolute Gasteiger partial charge is 0.303 e. The molecule has 4 heteroatoms. The lowest BCUT2D eigenvalue weighted by Crippen LogP contribution is -2.36. The van der Waals surface area contributed by atoms with Gasteiger partial charge >= 0.3 is 0 Å². The van der Waals surface area contributed by atoms with E-state index in [0.717, 1.165) is 51.2 Å². The maximum absolute atomic E-state index is 13.0. The lowest BCUT2D eigenvalue weighted by molar-refractivity contribution is -0.113.